The van der Waals surface area contributed by atoms with Gasteiger partial charge in [-0.25, -0.2) is 23.1 Å². The highest BCUT2D eigenvalue weighted by Gasteiger charge is 1.99. The Morgan fingerprint density at radius 1 is 1.38 bits per heavy atom. The first-order chi connectivity index (χ1) is 7.47. The Bertz CT molecular complexity index is 433. The Morgan fingerprint density at radius 3 is 2.75 bits per heavy atom. The maximum atomic E-state index is 10.8. The molecule has 2 N–H and O–H groups in total. The van der Waals surface area contributed by atoms with Crippen LogP contribution in [0.25, 0.3) is 0 Å². The van der Waals surface area contributed by atoms with E-state index in [1.807, 2.05) is 6.92 Å². The van der Waals surface area contributed by atoms with Crippen molar-refractivity contribution in [2.45, 2.75) is 13.3 Å². The second kappa shape index (κ2) is 5.76. The van der Waals surface area contributed by atoms with Crippen LogP contribution < -0.4 is 10.0 Å². The van der Waals surface area contributed by atoms with Gasteiger partial charge in [0.25, 0.3) is 0 Å². The van der Waals surface area contributed by atoms with Crippen LogP contribution in [0.4, 0.5) is 5.82 Å². The molecule has 0 aliphatic rings. The molecule has 0 aromatic carbocycles. The minimum atomic E-state index is -3.08. The molecular weight excluding hydrogens is 228 g/mol. The van der Waals surface area contributed by atoms with E-state index in [4.69, 9.17) is 0 Å². The van der Waals surface area contributed by atoms with E-state index in [0.717, 1.165) is 12.1 Å². The number of hydrogen-bond donors (Lipinski definition) is 2. The maximum absolute atomic E-state index is 10.8. The van der Waals surface area contributed by atoms with Crippen molar-refractivity contribution in [3.8, 4) is 0 Å². The van der Waals surface area contributed by atoms with Crippen molar-refractivity contribution < 1.29 is 8.42 Å². The molecule has 0 fully saturated rings. The Morgan fingerprint density at radius 2 is 2.12 bits per heavy atom. The molecule has 0 amide bonds. The molecule has 0 saturated carbocycles. The van der Waals surface area contributed by atoms with Gasteiger partial charge in [0.05, 0.1) is 6.26 Å². The minimum absolute atomic E-state index is 0.426. The van der Waals surface area contributed by atoms with Crippen molar-refractivity contribution in [1.82, 2.24) is 14.7 Å². The summed E-state index contributed by atoms with van der Waals surface area (Å²) >= 11 is 0. The topological polar surface area (TPSA) is 84.0 Å². The van der Waals surface area contributed by atoms with Crippen LogP contribution in [0.1, 0.15) is 12.2 Å². The summed E-state index contributed by atoms with van der Waals surface area (Å²) in [5.41, 5.74) is 0. The smallest absolute Gasteiger partial charge is 0.208 e. The quantitative estimate of drug-likeness (QED) is 0.695. The summed E-state index contributed by atoms with van der Waals surface area (Å²) < 4.78 is 23.9. The van der Waals surface area contributed by atoms with Crippen molar-refractivity contribution >= 4 is 15.8 Å². The van der Waals surface area contributed by atoms with Crippen LogP contribution in [0.2, 0.25) is 0 Å². The zero-order valence-electron chi connectivity index (χ0n) is 9.40. The Kier molecular flexibility index (Phi) is 4.63. The van der Waals surface area contributed by atoms with Gasteiger partial charge in [0.15, 0.2) is 0 Å². The van der Waals surface area contributed by atoms with Crippen molar-refractivity contribution in [3.05, 3.63) is 18.1 Å². The van der Waals surface area contributed by atoms with Crippen molar-refractivity contribution in [1.29, 1.82) is 0 Å². The van der Waals surface area contributed by atoms with Gasteiger partial charge in [-0.05, 0) is 19.4 Å². The van der Waals surface area contributed by atoms with Gasteiger partial charge in [0.2, 0.25) is 10.0 Å². The van der Waals surface area contributed by atoms with Crippen LogP contribution in [-0.4, -0.2) is 37.7 Å². The summed E-state index contributed by atoms with van der Waals surface area (Å²) in [6.45, 7) is 2.91. The molecule has 0 radical (unpaired) electrons. The lowest BCUT2D eigenvalue weighted by atomic mass is 10.4. The first-order valence-corrected chi connectivity index (χ1v) is 6.85. The fourth-order valence-corrected chi connectivity index (χ4v) is 1.63. The van der Waals surface area contributed by atoms with Crippen molar-refractivity contribution in [3.63, 3.8) is 0 Å². The average molecular weight is 244 g/mol. The van der Waals surface area contributed by atoms with Gasteiger partial charge in [0.1, 0.15) is 11.6 Å². The predicted octanol–water partition coefficient (Wildman–Crippen LogP) is 0.136. The summed E-state index contributed by atoms with van der Waals surface area (Å²) in [7, 11) is -3.08. The van der Waals surface area contributed by atoms with Gasteiger partial charge >= 0.3 is 0 Å². The van der Waals surface area contributed by atoms with E-state index in [9.17, 15) is 8.42 Å². The fourth-order valence-electron chi connectivity index (χ4n) is 1.12. The standard InChI is InChI=1S/C9H16N4O2S/c1-8-10-7-4-9(13-8)11-5-3-6-12-16(2,14)15/h4,7,12H,3,5-6H2,1-2H3,(H,10,11,13). The molecule has 7 heteroatoms. The third-order valence-corrected chi connectivity index (χ3v) is 2.53. The van der Waals surface area contributed by atoms with E-state index in [-0.39, 0.29) is 0 Å². The van der Waals surface area contributed by atoms with Crippen LogP contribution in [0.5, 0.6) is 0 Å². The normalized spacial score (nSPS) is 11.4. The molecule has 0 aliphatic carbocycles. The summed E-state index contributed by atoms with van der Waals surface area (Å²) in [6, 6.07) is 1.77. The molecule has 1 rings (SSSR count). The highest BCUT2D eigenvalue weighted by Crippen LogP contribution is 2.00. The molecule has 1 aromatic heterocycles. The molecule has 90 valence electrons. The molecule has 0 unspecified atom stereocenters. The molecule has 0 atom stereocenters. The average Bonchev–Trinajstić information content (AvgIpc) is 2.15. The zero-order valence-corrected chi connectivity index (χ0v) is 10.2. The van der Waals surface area contributed by atoms with E-state index >= 15 is 0 Å². The zero-order chi connectivity index (χ0) is 12.0. The second-order valence-corrected chi connectivity index (χ2v) is 5.27. The lowest BCUT2D eigenvalue weighted by Crippen LogP contribution is -2.24. The number of nitrogens with one attached hydrogen (secondary N) is 2. The van der Waals surface area contributed by atoms with Crippen LogP contribution in [0, 0.1) is 6.92 Å². The first-order valence-electron chi connectivity index (χ1n) is 4.95. The molecule has 6 nitrogen and oxygen atoms in total. The number of anilines is 1. The van der Waals surface area contributed by atoms with Crippen molar-refractivity contribution in [2.75, 3.05) is 24.7 Å². The third-order valence-electron chi connectivity index (χ3n) is 1.80. The van der Waals surface area contributed by atoms with E-state index in [0.29, 0.717) is 25.3 Å². The summed E-state index contributed by atoms with van der Waals surface area (Å²) in [4.78, 5) is 8.13. The van der Waals surface area contributed by atoms with Gasteiger partial charge in [-0.3, -0.25) is 0 Å². The lowest BCUT2D eigenvalue weighted by molar-refractivity contribution is 0.586. The summed E-state index contributed by atoms with van der Waals surface area (Å²) in [6.07, 6.45) is 3.53. The molecule has 0 aliphatic heterocycles. The molecule has 0 saturated heterocycles. The number of hydrogen-bond acceptors (Lipinski definition) is 5. The van der Waals surface area contributed by atoms with Crippen LogP contribution in [-0.2, 0) is 10.0 Å². The van der Waals surface area contributed by atoms with E-state index < -0.39 is 10.0 Å². The third kappa shape index (κ3) is 5.62. The van der Waals surface area contributed by atoms with Gasteiger partial charge in [-0.15, -0.1) is 0 Å². The monoisotopic (exact) mass is 244 g/mol. The van der Waals surface area contributed by atoms with Gasteiger partial charge < -0.3 is 5.32 Å². The SMILES string of the molecule is Cc1nccc(NCCCNS(C)(=O)=O)n1. The number of sulfonamides is 1. The Hall–Kier alpha value is -1.21. The highest BCUT2D eigenvalue weighted by molar-refractivity contribution is 7.88. The van der Waals surface area contributed by atoms with Crippen LogP contribution in [0.15, 0.2) is 12.3 Å². The predicted molar refractivity (Wildman–Crippen MR) is 62.7 cm³/mol. The second-order valence-electron chi connectivity index (χ2n) is 3.44. The highest BCUT2D eigenvalue weighted by atomic mass is 32.2. The number of nitrogens with zero attached hydrogens (tertiary/aromatic N) is 2. The summed E-state index contributed by atoms with van der Waals surface area (Å²) in [5, 5.41) is 3.09. The molecule has 0 spiro atoms. The van der Waals surface area contributed by atoms with Gasteiger partial charge in [0, 0.05) is 19.3 Å². The molecule has 16 heavy (non-hydrogen) atoms. The molecule has 1 aromatic rings. The largest absolute Gasteiger partial charge is 0.370 e. The van der Waals surface area contributed by atoms with E-state index in [1.54, 1.807) is 12.3 Å². The first kappa shape index (κ1) is 12.9. The Balaban J connectivity index is 2.21. The fraction of sp³-hybridized carbons (Fsp3) is 0.556. The number of rotatable bonds is 6. The van der Waals surface area contributed by atoms with Crippen LogP contribution >= 0.6 is 0 Å². The maximum Gasteiger partial charge on any atom is 0.208 e. The number of aryl methyl sites for hydroxylation is 1. The summed E-state index contributed by atoms with van der Waals surface area (Å²) in [5.74, 6) is 1.46. The minimum Gasteiger partial charge on any atom is -0.370 e. The molecule has 1 heterocycles. The van der Waals surface area contributed by atoms with E-state index in [2.05, 4.69) is 20.0 Å². The van der Waals surface area contributed by atoms with E-state index in [1.165, 1.54) is 0 Å². The van der Waals surface area contributed by atoms with Gasteiger partial charge in [-0.2, -0.15) is 0 Å². The number of aromatic nitrogens is 2. The lowest BCUT2D eigenvalue weighted by Gasteiger charge is -2.05. The molecular formula is C9H16N4O2S. The van der Waals surface area contributed by atoms with Crippen molar-refractivity contribution in [2.24, 2.45) is 0 Å². The van der Waals surface area contributed by atoms with Gasteiger partial charge in [-0.1, -0.05) is 0 Å². The molecule has 0 bridgehead atoms. The Labute approximate surface area is 95.6 Å². The van der Waals surface area contributed by atoms with Crippen LogP contribution in [0.3, 0.4) is 0 Å².